The van der Waals surface area contributed by atoms with E-state index < -0.39 is 12.0 Å². The number of carboxylic acid groups (broad SMARTS) is 1. The highest BCUT2D eigenvalue weighted by atomic mass is 32.2. The van der Waals surface area contributed by atoms with Gasteiger partial charge in [0.05, 0.1) is 6.61 Å². The Bertz CT molecular complexity index is 210. The van der Waals surface area contributed by atoms with E-state index in [1.165, 1.54) is 18.7 Å². The Morgan fingerprint density at radius 3 is 2.67 bits per heavy atom. The minimum absolute atomic E-state index is 0.326. The molecule has 1 atom stereocenters. The van der Waals surface area contributed by atoms with Gasteiger partial charge in [-0.2, -0.15) is 11.8 Å². The molecule has 1 unspecified atom stereocenters. The van der Waals surface area contributed by atoms with Gasteiger partial charge in [0, 0.05) is 25.0 Å². The van der Waals surface area contributed by atoms with Crippen LogP contribution in [0.1, 0.15) is 13.8 Å². The fraction of sp³-hybridized carbons (Fsp3) is 0.778. The maximum Gasteiger partial charge on any atom is 0.327 e. The predicted molar refractivity (Wildman–Crippen MR) is 59.1 cm³/mol. The third-order valence-electron chi connectivity index (χ3n) is 1.54. The van der Waals surface area contributed by atoms with Crippen LogP contribution >= 0.6 is 11.8 Å². The summed E-state index contributed by atoms with van der Waals surface area (Å²) in [5.41, 5.74) is 0. The fourth-order valence-electron chi connectivity index (χ4n) is 0.883. The first-order chi connectivity index (χ1) is 7.07. The summed E-state index contributed by atoms with van der Waals surface area (Å²) in [4.78, 5) is 21.4. The zero-order valence-corrected chi connectivity index (χ0v) is 9.80. The molecule has 6 heteroatoms. The number of carbonyl (C=O) groups excluding carboxylic acids is 1. The number of hydrogen-bond acceptors (Lipinski definition) is 4. The minimum atomic E-state index is -1.01. The van der Waals surface area contributed by atoms with Gasteiger partial charge in [-0.05, 0) is 6.92 Å². The molecule has 15 heavy (non-hydrogen) atoms. The van der Waals surface area contributed by atoms with E-state index in [0.717, 1.165) is 5.75 Å². The second kappa shape index (κ2) is 8.55. The number of ether oxygens (including phenoxy) is 1. The quantitative estimate of drug-likeness (QED) is 0.594. The van der Waals surface area contributed by atoms with Crippen molar-refractivity contribution in [3.8, 4) is 0 Å². The number of carbonyl (C=O) groups is 2. The third kappa shape index (κ3) is 8.26. The van der Waals surface area contributed by atoms with Crippen molar-refractivity contribution in [1.29, 1.82) is 0 Å². The highest BCUT2D eigenvalue weighted by Crippen LogP contribution is 2.03. The molecular formula is C9H17NO4S. The van der Waals surface area contributed by atoms with Crippen LogP contribution in [0.2, 0.25) is 0 Å². The smallest absolute Gasteiger partial charge is 0.327 e. The Balaban J connectivity index is 3.67. The molecule has 5 nitrogen and oxygen atoms in total. The van der Waals surface area contributed by atoms with Gasteiger partial charge in [0.2, 0.25) is 5.91 Å². The van der Waals surface area contributed by atoms with E-state index in [1.807, 2.05) is 6.92 Å². The lowest BCUT2D eigenvalue weighted by Crippen LogP contribution is -2.41. The molecule has 1 amide bonds. The number of aliphatic carboxylic acids is 1. The monoisotopic (exact) mass is 235 g/mol. The van der Waals surface area contributed by atoms with Gasteiger partial charge in [0.25, 0.3) is 0 Å². The Morgan fingerprint density at radius 1 is 1.53 bits per heavy atom. The summed E-state index contributed by atoms with van der Waals surface area (Å²) in [7, 11) is 0. The topological polar surface area (TPSA) is 75.6 Å². The van der Waals surface area contributed by atoms with Gasteiger partial charge in [-0.3, -0.25) is 4.79 Å². The Hall–Kier alpha value is -0.750. The molecule has 0 aromatic heterocycles. The summed E-state index contributed by atoms with van der Waals surface area (Å²) >= 11 is 1.45. The summed E-state index contributed by atoms with van der Waals surface area (Å²) in [5, 5.41) is 11.1. The van der Waals surface area contributed by atoms with Crippen LogP contribution in [0.3, 0.4) is 0 Å². The molecule has 0 aliphatic carbocycles. The van der Waals surface area contributed by atoms with Gasteiger partial charge >= 0.3 is 5.97 Å². The number of carboxylic acids is 1. The molecule has 0 aromatic carbocycles. The van der Waals surface area contributed by atoms with Crippen LogP contribution in [0.4, 0.5) is 0 Å². The maximum atomic E-state index is 10.7. The normalized spacial score (nSPS) is 12.1. The van der Waals surface area contributed by atoms with Crippen molar-refractivity contribution >= 4 is 23.6 Å². The number of rotatable bonds is 8. The molecule has 0 radical (unpaired) electrons. The highest BCUT2D eigenvalue weighted by Gasteiger charge is 2.17. The van der Waals surface area contributed by atoms with Crippen molar-refractivity contribution in [3.05, 3.63) is 0 Å². The number of thioether (sulfide) groups is 1. The lowest BCUT2D eigenvalue weighted by molar-refractivity contribution is -0.140. The summed E-state index contributed by atoms with van der Waals surface area (Å²) in [6, 6.07) is -0.811. The van der Waals surface area contributed by atoms with Gasteiger partial charge < -0.3 is 15.2 Å². The summed E-state index contributed by atoms with van der Waals surface area (Å²) in [6.45, 7) is 4.48. The zero-order chi connectivity index (χ0) is 11.7. The summed E-state index contributed by atoms with van der Waals surface area (Å²) in [5.74, 6) is -0.235. The Kier molecular flexibility index (Phi) is 8.12. The summed E-state index contributed by atoms with van der Waals surface area (Å²) in [6.07, 6.45) is 0. The second-order valence-electron chi connectivity index (χ2n) is 2.86. The molecule has 0 aromatic rings. The van der Waals surface area contributed by atoms with Crippen molar-refractivity contribution in [1.82, 2.24) is 5.32 Å². The van der Waals surface area contributed by atoms with Crippen molar-refractivity contribution in [2.75, 3.05) is 24.7 Å². The predicted octanol–water partition coefficient (Wildman–Crippen LogP) is 0.345. The number of nitrogens with one attached hydrogen (secondary N) is 1. The van der Waals surface area contributed by atoms with E-state index >= 15 is 0 Å². The van der Waals surface area contributed by atoms with E-state index in [1.54, 1.807) is 0 Å². The van der Waals surface area contributed by atoms with Gasteiger partial charge in [-0.15, -0.1) is 0 Å². The first-order valence-corrected chi connectivity index (χ1v) is 5.88. The van der Waals surface area contributed by atoms with Gasteiger partial charge in [0.1, 0.15) is 6.04 Å². The van der Waals surface area contributed by atoms with E-state index in [0.29, 0.717) is 19.0 Å². The van der Waals surface area contributed by atoms with Crippen LogP contribution in [0, 0.1) is 0 Å². The van der Waals surface area contributed by atoms with Crippen molar-refractivity contribution in [2.24, 2.45) is 0 Å². The molecule has 0 spiro atoms. The molecular weight excluding hydrogens is 218 g/mol. The number of amides is 1. The Labute approximate surface area is 93.6 Å². The number of hydrogen-bond donors (Lipinski definition) is 2. The molecule has 0 heterocycles. The first-order valence-electron chi connectivity index (χ1n) is 4.73. The third-order valence-corrected chi connectivity index (χ3v) is 2.56. The van der Waals surface area contributed by atoms with Gasteiger partial charge in [0.15, 0.2) is 0 Å². The fourth-order valence-corrected chi connectivity index (χ4v) is 1.75. The van der Waals surface area contributed by atoms with Crippen LogP contribution in [0.25, 0.3) is 0 Å². The lowest BCUT2D eigenvalue weighted by Gasteiger charge is -2.12. The molecule has 0 saturated heterocycles. The largest absolute Gasteiger partial charge is 0.480 e. The van der Waals surface area contributed by atoms with Gasteiger partial charge in [-0.25, -0.2) is 4.79 Å². The first kappa shape index (κ1) is 14.2. The molecule has 88 valence electrons. The molecule has 0 fully saturated rings. The van der Waals surface area contributed by atoms with Crippen LogP contribution in [0.15, 0.2) is 0 Å². The van der Waals surface area contributed by atoms with E-state index in [2.05, 4.69) is 5.32 Å². The Morgan fingerprint density at radius 2 is 2.20 bits per heavy atom. The van der Waals surface area contributed by atoms with Crippen molar-refractivity contribution in [3.63, 3.8) is 0 Å². The molecule has 0 bridgehead atoms. The average Bonchev–Trinajstić information content (AvgIpc) is 2.15. The molecule has 0 aliphatic rings. The van der Waals surface area contributed by atoms with Crippen LogP contribution in [0.5, 0.6) is 0 Å². The molecule has 0 aliphatic heterocycles. The molecule has 2 N–H and O–H groups in total. The van der Waals surface area contributed by atoms with Gasteiger partial charge in [-0.1, -0.05) is 0 Å². The van der Waals surface area contributed by atoms with E-state index in [4.69, 9.17) is 9.84 Å². The highest BCUT2D eigenvalue weighted by molar-refractivity contribution is 7.99. The standard InChI is InChI=1S/C9H17NO4S/c1-3-14-4-5-15-6-8(9(12)13)10-7(2)11/h8H,3-6H2,1-2H3,(H,10,11)(H,12,13). The molecule has 0 saturated carbocycles. The second-order valence-corrected chi connectivity index (χ2v) is 4.01. The summed E-state index contributed by atoms with van der Waals surface area (Å²) < 4.78 is 5.10. The SMILES string of the molecule is CCOCCSCC(NC(C)=O)C(=O)O. The van der Waals surface area contributed by atoms with Crippen LogP contribution in [-0.4, -0.2) is 47.7 Å². The lowest BCUT2D eigenvalue weighted by atomic mass is 10.3. The van der Waals surface area contributed by atoms with Crippen LogP contribution in [-0.2, 0) is 14.3 Å². The van der Waals surface area contributed by atoms with Crippen LogP contribution < -0.4 is 5.32 Å². The molecule has 0 rings (SSSR count). The van der Waals surface area contributed by atoms with Crippen molar-refractivity contribution in [2.45, 2.75) is 19.9 Å². The maximum absolute atomic E-state index is 10.7. The minimum Gasteiger partial charge on any atom is -0.480 e. The zero-order valence-electron chi connectivity index (χ0n) is 8.99. The van der Waals surface area contributed by atoms with E-state index in [9.17, 15) is 9.59 Å². The van der Waals surface area contributed by atoms with Crippen molar-refractivity contribution < 1.29 is 19.4 Å². The average molecular weight is 235 g/mol. The van der Waals surface area contributed by atoms with E-state index in [-0.39, 0.29) is 5.91 Å².